The third-order valence-corrected chi connectivity index (χ3v) is 3.39. The molecule has 0 amide bonds. The van der Waals surface area contributed by atoms with Crippen LogP contribution in [0.4, 0.5) is 0 Å². The van der Waals surface area contributed by atoms with Crippen LogP contribution in [0, 0.1) is 17.8 Å². The van der Waals surface area contributed by atoms with E-state index in [1.165, 1.54) is 19.3 Å². The van der Waals surface area contributed by atoms with E-state index < -0.39 is 0 Å². The first-order chi connectivity index (χ1) is 6.44. The molecular formula is C13H26O. The lowest BCUT2D eigenvalue weighted by Crippen LogP contribution is -2.43. The maximum atomic E-state index is 10.7. The predicted octanol–water partition coefficient (Wildman–Crippen LogP) is 3.61. The van der Waals surface area contributed by atoms with E-state index in [1.807, 2.05) is 0 Å². The van der Waals surface area contributed by atoms with Crippen LogP contribution in [0.15, 0.2) is 0 Å². The second-order valence-electron chi connectivity index (χ2n) is 5.93. The molecule has 0 saturated heterocycles. The van der Waals surface area contributed by atoms with Crippen LogP contribution < -0.4 is 0 Å². The molecule has 0 radical (unpaired) electrons. The highest BCUT2D eigenvalue weighted by molar-refractivity contribution is 4.92. The van der Waals surface area contributed by atoms with Gasteiger partial charge in [-0.3, -0.25) is 0 Å². The van der Waals surface area contributed by atoms with Crippen LogP contribution in [0.1, 0.15) is 59.8 Å². The van der Waals surface area contributed by atoms with Crippen molar-refractivity contribution in [2.75, 3.05) is 0 Å². The van der Waals surface area contributed by atoms with E-state index in [1.54, 1.807) is 0 Å². The molecule has 1 rings (SSSR count). The third-order valence-electron chi connectivity index (χ3n) is 3.39. The lowest BCUT2D eigenvalue weighted by Gasteiger charge is -2.43. The first-order valence-electron chi connectivity index (χ1n) is 6.16. The van der Waals surface area contributed by atoms with E-state index in [2.05, 4.69) is 27.7 Å². The van der Waals surface area contributed by atoms with Crippen LogP contribution in [-0.2, 0) is 0 Å². The van der Waals surface area contributed by atoms with E-state index in [0.717, 1.165) is 12.8 Å². The summed E-state index contributed by atoms with van der Waals surface area (Å²) in [7, 11) is 0. The zero-order valence-corrected chi connectivity index (χ0v) is 10.2. The molecular weight excluding hydrogens is 172 g/mol. The first-order valence-corrected chi connectivity index (χ1v) is 6.16. The SMILES string of the molecule is CC(C)CC(O)(CC(C)C)C1CCC1. The zero-order chi connectivity index (χ0) is 10.8. The van der Waals surface area contributed by atoms with E-state index in [4.69, 9.17) is 0 Å². The molecule has 0 heterocycles. The molecule has 0 unspecified atom stereocenters. The predicted molar refractivity (Wildman–Crippen MR) is 61.2 cm³/mol. The van der Waals surface area contributed by atoms with Gasteiger partial charge in [-0.1, -0.05) is 34.1 Å². The molecule has 14 heavy (non-hydrogen) atoms. The maximum Gasteiger partial charge on any atom is 0.0680 e. The summed E-state index contributed by atoms with van der Waals surface area (Å²) < 4.78 is 0. The Balaban J connectivity index is 2.57. The number of hydrogen-bond donors (Lipinski definition) is 1. The zero-order valence-electron chi connectivity index (χ0n) is 10.2. The van der Waals surface area contributed by atoms with Crippen molar-refractivity contribution < 1.29 is 5.11 Å². The normalized spacial score (nSPS) is 19.1. The summed E-state index contributed by atoms with van der Waals surface area (Å²) >= 11 is 0. The van der Waals surface area contributed by atoms with E-state index in [0.29, 0.717) is 17.8 Å². The summed E-state index contributed by atoms with van der Waals surface area (Å²) in [6.07, 6.45) is 5.78. The molecule has 0 aromatic carbocycles. The van der Waals surface area contributed by atoms with Gasteiger partial charge >= 0.3 is 0 Å². The smallest absolute Gasteiger partial charge is 0.0680 e. The minimum Gasteiger partial charge on any atom is -0.390 e. The second kappa shape index (κ2) is 4.65. The van der Waals surface area contributed by atoms with Gasteiger partial charge in [-0.25, -0.2) is 0 Å². The van der Waals surface area contributed by atoms with Crippen molar-refractivity contribution in [2.24, 2.45) is 17.8 Å². The molecule has 0 aromatic heterocycles. The number of rotatable bonds is 5. The van der Waals surface area contributed by atoms with Gasteiger partial charge in [0.1, 0.15) is 0 Å². The summed E-state index contributed by atoms with van der Waals surface area (Å²) in [5, 5.41) is 10.7. The standard InChI is InChI=1S/C13H26O/c1-10(2)8-13(14,9-11(3)4)12-6-5-7-12/h10-12,14H,5-9H2,1-4H3. The molecule has 0 spiro atoms. The average Bonchev–Trinajstić information content (AvgIpc) is 1.74. The van der Waals surface area contributed by atoms with Gasteiger partial charge in [-0.15, -0.1) is 0 Å². The average molecular weight is 198 g/mol. The van der Waals surface area contributed by atoms with Crippen molar-refractivity contribution in [3.8, 4) is 0 Å². The molecule has 0 aliphatic heterocycles. The Morgan fingerprint density at radius 3 is 1.71 bits per heavy atom. The molecule has 1 nitrogen and oxygen atoms in total. The van der Waals surface area contributed by atoms with Gasteiger partial charge < -0.3 is 5.11 Å². The summed E-state index contributed by atoms with van der Waals surface area (Å²) in [6, 6.07) is 0. The quantitative estimate of drug-likeness (QED) is 0.715. The second-order valence-corrected chi connectivity index (χ2v) is 5.93. The minimum atomic E-state index is -0.361. The highest BCUT2D eigenvalue weighted by Crippen LogP contribution is 2.42. The third kappa shape index (κ3) is 2.98. The summed E-state index contributed by atoms with van der Waals surface area (Å²) in [5.74, 6) is 1.81. The first kappa shape index (κ1) is 12.0. The Labute approximate surface area is 88.9 Å². The Morgan fingerprint density at radius 1 is 1.07 bits per heavy atom. The lowest BCUT2D eigenvalue weighted by atomic mass is 9.67. The van der Waals surface area contributed by atoms with Crippen molar-refractivity contribution in [2.45, 2.75) is 65.4 Å². The Bertz CT molecular complexity index is 158. The van der Waals surface area contributed by atoms with Gasteiger partial charge in [0.25, 0.3) is 0 Å². The van der Waals surface area contributed by atoms with Crippen molar-refractivity contribution in [3.05, 3.63) is 0 Å². The largest absolute Gasteiger partial charge is 0.390 e. The number of hydrogen-bond acceptors (Lipinski definition) is 1. The lowest BCUT2D eigenvalue weighted by molar-refractivity contribution is -0.0791. The fraction of sp³-hybridized carbons (Fsp3) is 1.00. The van der Waals surface area contributed by atoms with E-state index >= 15 is 0 Å². The summed E-state index contributed by atoms with van der Waals surface area (Å²) in [6.45, 7) is 8.85. The Hall–Kier alpha value is -0.0400. The van der Waals surface area contributed by atoms with E-state index in [-0.39, 0.29) is 5.60 Å². The van der Waals surface area contributed by atoms with Gasteiger partial charge in [0.2, 0.25) is 0 Å². The summed E-state index contributed by atoms with van der Waals surface area (Å²) in [5.41, 5.74) is -0.361. The molecule has 0 atom stereocenters. The van der Waals surface area contributed by atoms with Crippen molar-refractivity contribution in [1.29, 1.82) is 0 Å². The highest BCUT2D eigenvalue weighted by atomic mass is 16.3. The summed E-state index contributed by atoms with van der Waals surface area (Å²) in [4.78, 5) is 0. The van der Waals surface area contributed by atoms with Crippen LogP contribution in [0.2, 0.25) is 0 Å². The molecule has 1 aliphatic rings. The highest BCUT2D eigenvalue weighted by Gasteiger charge is 2.40. The van der Waals surface area contributed by atoms with Gasteiger partial charge in [0.15, 0.2) is 0 Å². The maximum absolute atomic E-state index is 10.7. The van der Waals surface area contributed by atoms with Crippen LogP contribution >= 0.6 is 0 Å². The van der Waals surface area contributed by atoms with Crippen LogP contribution in [-0.4, -0.2) is 10.7 Å². The van der Waals surface area contributed by atoms with Gasteiger partial charge in [0, 0.05) is 0 Å². The molecule has 1 aliphatic carbocycles. The minimum absolute atomic E-state index is 0.361. The molecule has 1 N–H and O–H groups in total. The van der Waals surface area contributed by atoms with Crippen LogP contribution in [0.5, 0.6) is 0 Å². The Kier molecular flexibility index (Phi) is 4.00. The molecule has 1 fully saturated rings. The van der Waals surface area contributed by atoms with Crippen LogP contribution in [0.3, 0.4) is 0 Å². The molecule has 0 bridgehead atoms. The van der Waals surface area contributed by atoms with Crippen molar-refractivity contribution in [3.63, 3.8) is 0 Å². The van der Waals surface area contributed by atoms with Gasteiger partial charge in [-0.05, 0) is 43.4 Å². The topological polar surface area (TPSA) is 20.2 Å². The monoisotopic (exact) mass is 198 g/mol. The van der Waals surface area contributed by atoms with Gasteiger partial charge in [0.05, 0.1) is 5.60 Å². The van der Waals surface area contributed by atoms with Gasteiger partial charge in [-0.2, -0.15) is 0 Å². The fourth-order valence-corrected chi connectivity index (χ4v) is 2.78. The fourth-order valence-electron chi connectivity index (χ4n) is 2.78. The molecule has 84 valence electrons. The number of aliphatic hydroxyl groups is 1. The van der Waals surface area contributed by atoms with E-state index in [9.17, 15) is 5.11 Å². The van der Waals surface area contributed by atoms with Crippen LogP contribution in [0.25, 0.3) is 0 Å². The molecule has 1 saturated carbocycles. The molecule has 1 heteroatoms. The Morgan fingerprint density at radius 2 is 1.50 bits per heavy atom. The van der Waals surface area contributed by atoms with Crippen molar-refractivity contribution >= 4 is 0 Å². The van der Waals surface area contributed by atoms with Crippen molar-refractivity contribution in [1.82, 2.24) is 0 Å². The molecule has 0 aromatic rings.